The Morgan fingerprint density at radius 2 is 1.96 bits per heavy atom. The largest absolute Gasteiger partial charge is 0.490 e. The smallest absolute Gasteiger partial charge is 0.407 e. The van der Waals surface area contributed by atoms with Gasteiger partial charge in [-0.15, -0.1) is 0 Å². The fourth-order valence-electron chi connectivity index (χ4n) is 3.47. The fourth-order valence-corrected chi connectivity index (χ4v) is 3.81. The Labute approximate surface area is 164 Å². The van der Waals surface area contributed by atoms with E-state index in [-0.39, 0.29) is 11.9 Å². The van der Waals surface area contributed by atoms with E-state index in [9.17, 15) is 9.18 Å². The lowest BCUT2D eigenvalue weighted by Gasteiger charge is -2.30. The third-order valence-electron chi connectivity index (χ3n) is 4.87. The van der Waals surface area contributed by atoms with Crippen LogP contribution in [0.2, 0.25) is 0 Å². The minimum Gasteiger partial charge on any atom is -0.490 e. The van der Waals surface area contributed by atoms with E-state index >= 15 is 0 Å². The van der Waals surface area contributed by atoms with Crippen LogP contribution >= 0.6 is 15.9 Å². The number of benzene rings is 2. The zero-order chi connectivity index (χ0) is 19.0. The Hall–Kier alpha value is -2.54. The number of nitrogens with zero attached hydrogens (tertiary/aromatic N) is 2. The first-order valence-corrected chi connectivity index (χ1v) is 9.52. The SMILES string of the molecule is O=C(O)N1CCC(Oc2cccc3c2ccn3-c2ccc(Br)cc2F)CC1. The molecule has 3 aromatic rings. The van der Waals surface area contributed by atoms with Crippen LogP contribution < -0.4 is 4.74 Å². The Kier molecular flexibility index (Phi) is 4.78. The van der Waals surface area contributed by atoms with Crippen LogP contribution in [0.3, 0.4) is 0 Å². The number of fused-ring (bicyclic) bond motifs is 1. The lowest BCUT2D eigenvalue weighted by atomic mass is 10.1. The molecular formula is C20H18BrFN2O3. The van der Waals surface area contributed by atoms with Crippen LogP contribution in [0.15, 0.2) is 53.1 Å². The summed E-state index contributed by atoms with van der Waals surface area (Å²) in [7, 11) is 0. The molecule has 0 spiro atoms. The molecule has 0 radical (unpaired) electrons. The molecule has 1 aliphatic heterocycles. The summed E-state index contributed by atoms with van der Waals surface area (Å²) < 4.78 is 23.0. The van der Waals surface area contributed by atoms with E-state index in [0.717, 1.165) is 16.7 Å². The van der Waals surface area contributed by atoms with E-state index in [2.05, 4.69) is 15.9 Å². The molecular weight excluding hydrogens is 415 g/mol. The Bertz CT molecular complexity index is 996. The van der Waals surface area contributed by atoms with Crippen molar-refractivity contribution in [3.63, 3.8) is 0 Å². The second-order valence-corrected chi connectivity index (χ2v) is 7.47. The Morgan fingerprint density at radius 1 is 1.19 bits per heavy atom. The normalized spacial score (nSPS) is 15.3. The van der Waals surface area contributed by atoms with Gasteiger partial charge >= 0.3 is 6.09 Å². The summed E-state index contributed by atoms with van der Waals surface area (Å²) in [6, 6.07) is 12.6. The van der Waals surface area contributed by atoms with Gasteiger partial charge < -0.3 is 19.3 Å². The maximum absolute atomic E-state index is 14.4. The molecule has 0 atom stereocenters. The highest BCUT2D eigenvalue weighted by Crippen LogP contribution is 2.31. The van der Waals surface area contributed by atoms with Crippen LogP contribution in [-0.2, 0) is 0 Å². The van der Waals surface area contributed by atoms with Gasteiger partial charge in [-0.2, -0.15) is 0 Å². The van der Waals surface area contributed by atoms with Gasteiger partial charge in [0.05, 0.1) is 11.2 Å². The van der Waals surface area contributed by atoms with Crippen molar-refractivity contribution < 1.29 is 19.0 Å². The average molecular weight is 433 g/mol. The van der Waals surface area contributed by atoms with Gasteiger partial charge in [0.15, 0.2) is 0 Å². The molecule has 2 heterocycles. The second kappa shape index (κ2) is 7.23. The highest BCUT2D eigenvalue weighted by molar-refractivity contribution is 9.10. The number of piperidine rings is 1. The zero-order valence-electron chi connectivity index (χ0n) is 14.4. The molecule has 1 saturated heterocycles. The van der Waals surface area contributed by atoms with E-state index in [1.165, 1.54) is 11.0 Å². The molecule has 1 amide bonds. The minimum atomic E-state index is -0.885. The van der Waals surface area contributed by atoms with Crippen molar-refractivity contribution in [1.29, 1.82) is 0 Å². The first-order chi connectivity index (χ1) is 13.0. The van der Waals surface area contributed by atoms with Crippen molar-refractivity contribution >= 4 is 32.9 Å². The van der Waals surface area contributed by atoms with Crippen molar-refractivity contribution in [3.8, 4) is 11.4 Å². The number of aromatic nitrogens is 1. The van der Waals surface area contributed by atoms with Gasteiger partial charge in [0.1, 0.15) is 17.7 Å². The molecule has 4 rings (SSSR count). The molecule has 1 aliphatic rings. The number of likely N-dealkylation sites (tertiary alicyclic amines) is 1. The number of ether oxygens (including phenoxy) is 1. The van der Waals surface area contributed by atoms with Crippen LogP contribution in [0.4, 0.5) is 9.18 Å². The quantitative estimate of drug-likeness (QED) is 0.629. The summed E-state index contributed by atoms with van der Waals surface area (Å²) in [5.74, 6) is 0.423. The summed E-state index contributed by atoms with van der Waals surface area (Å²) in [4.78, 5) is 12.4. The predicted octanol–water partition coefficient (Wildman–Crippen LogP) is 5.05. The van der Waals surface area contributed by atoms with Gasteiger partial charge in [0.25, 0.3) is 0 Å². The molecule has 1 N–H and O–H groups in total. The summed E-state index contributed by atoms with van der Waals surface area (Å²) in [5.41, 5.74) is 1.33. The summed E-state index contributed by atoms with van der Waals surface area (Å²) in [6.45, 7) is 0.947. The molecule has 7 heteroatoms. The Balaban J connectivity index is 1.61. The van der Waals surface area contributed by atoms with Gasteiger partial charge in [0.2, 0.25) is 0 Å². The van der Waals surface area contributed by atoms with E-state index in [0.29, 0.717) is 36.1 Å². The number of hydrogen-bond acceptors (Lipinski definition) is 2. The molecule has 0 aliphatic carbocycles. The van der Waals surface area contributed by atoms with Crippen LogP contribution in [0.1, 0.15) is 12.8 Å². The summed E-state index contributed by atoms with van der Waals surface area (Å²) in [5, 5.41) is 9.96. The molecule has 1 fully saturated rings. The van der Waals surface area contributed by atoms with E-state index < -0.39 is 6.09 Å². The molecule has 1 aromatic heterocycles. The van der Waals surface area contributed by atoms with Crippen molar-refractivity contribution in [2.24, 2.45) is 0 Å². The van der Waals surface area contributed by atoms with Crippen molar-refractivity contribution in [1.82, 2.24) is 9.47 Å². The lowest BCUT2D eigenvalue weighted by molar-refractivity contribution is 0.0902. The molecule has 0 saturated carbocycles. The first-order valence-electron chi connectivity index (χ1n) is 8.73. The monoisotopic (exact) mass is 432 g/mol. The van der Waals surface area contributed by atoms with Crippen LogP contribution in [0.5, 0.6) is 5.75 Å². The second-order valence-electron chi connectivity index (χ2n) is 6.56. The molecule has 0 unspecified atom stereocenters. The molecule has 140 valence electrons. The number of carbonyl (C=O) groups is 1. The summed E-state index contributed by atoms with van der Waals surface area (Å²) in [6.07, 6.45) is 2.23. The zero-order valence-corrected chi connectivity index (χ0v) is 16.0. The molecule has 27 heavy (non-hydrogen) atoms. The lowest BCUT2D eigenvalue weighted by Crippen LogP contribution is -2.41. The third kappa shape index (κ3) is 3.51. The first kappa shape index (κ1) is 17.9. The number of amides is 1. The fraction of sp³-hybridized carbons (Fsp3) is 0.250. The van der Waals surface area contributed by atoms with E-state index in [4.69, 9.17) is 9.84 Å². The van der Waals surface area contributed by atoms with Crippen LogP contribution in [-0.4, -0.2) is 39.9 Å². The Morgan fingerprint density at radius 3 is 2.67 bits per heavy atom. The van der Waals surface area contributed by atoms with Gasteiger partial charge in [-0.25, -0.2) is 9.18 Å². The maximum atomic E-state index is 14.4. The topological polar surface area (TPSA) is 54.7 Å². The highest BCUT2D eigenvalue weighted by atomic mass is 79.9. The highest BCUT2D eigenvalue weighted by Gasteiger charge is 2.24. The predicted molar refractivity (Wildman–Crippen MR) is 104 cm³/mol. The minimum absolute atomic E-state index is 0.0287. The maximum Gasteiger partial charge on any atom is 0.407 e. The molecule has 5 nitrogen and oxygen atoms in total. The van der Waals surface area contributed by atoms with E-state index in [1.54, 1.807) is 16.7 Å². The number of rotatable bonds is 3. The van der Waals surface area contributed by atoms with Crippen LogP contribution in [0.25, 0.3) is 16.6 Å². The standard InChI is InChI=1S/C20H18BrFN2O3/c21-13-4-5-18(16(22)12-13)24-11-8-15-17(24)2-1-3-19(15)27-14-6-9-23(10-7-14)20(25)26/h1-5,8,11-12,14H,6-7,9-10H2,(H,25,26). The van der Waals surface area contributed by atoms with E-state index in [1.807, 2.05) is 30.5 Å². The summed E-state index contributed by atoms with van der Waals surface area (Å²) >= 11 is 3.28. The van der Waals surface area contributed by atoms with Gasteiger partial charge in [0, 0.05) is 42.0 Å². The number of carboxylic acid groups (broad SMARTS) is 1. The van der Waals surface area contributed by atoms with Gasteiger partial charge in [-0.05, 0) is 36.4 Å². The van der Waals surface area contributed by atoms with Crippen molar-refractivity contribution in [3.05, 3.63) is 59.0 Å². The third-order valence-corrected chi connectivity index (χ3v) is 5.36. The average Bonchev–Trinajstić information content (AvgIpc) is 3.07. The molecule has 0 bridgehead atoms. The van der Waals surface area contributed by atoms with Crippen LogP contribution in [0, 0.1) is 5.82 Å². The van der Waals surface area contributed by atoms with Crippen molar-refractivity contribution in [2.45, 2.75) is 18.9 Å². The molecule has 2 aromatic carbocycles. The van der Waals surface area contributed by atoms with Gasteiger partial charge in [-0.3, -0.25) is 0 Å². The van der Waals surface area contributed by atoms with Crippen molar-refractivity contribution in [2.75, 3.05) is 13.1 Å². The number of halogens is 2. The number of hydrogen-bond donors (Lipinski definition) is 1. The van der Waals surface area contributed by atoms with Gasteiger partial charge in [-0.1, -0.05) is 22.0 Å².